The molecule has 0 unspecified atom stereocenters. The van der Waals surface area contributed by atoms with Crippen molar-refractivity contribution in [3.8, 4) is 0 Å². The third-order valence-corrected chi connectivity index (χ3v) is 3.13. The summed E-state index contributed by atoms with van der Waals surface area (Å²) >= 11 is 0. The average Bonchev–Trinajstić information content (AvgIpc) is 2.58. The van der Waals surface area contributed by atoms with Crippen LogP contribution in [0.1, 0.15) is 44.2 Å². The van der Waals surface area contributed by atoms with Crippen LogP contribution in [0.25, 0.3) is 0 Å². The Kier molecular flexibility index (Phi) is 4.13. The molecule has 92 valence electrons. The summed E-state index contributed by atoms with van der Waals surface area (Å²) in [6.45, 7) is 3.01. The molecule has 1 aromatic carbocycles. The quantitative estimate of drug-likeness (QED) is 0.832. The Morgan fingerprint density at radius 1 is 1.18 bits per heavy atom. The van der Waals surface area contributed by atoms with E-state index >= 15 is 0 Å². The fourth-order valence-corrected chi connectivity index (χ4v) is 2.08. The van der Waals surface area contributed by atoms with Crippen molar-refractivity contribution in [3.63, 3.8) is 0 Å². The highest BCUT2D eigenvalue weighted by Gasteiger charge is 2.09. The number of hydrogen-bond acceptors (Lipinski definition) is 2. The third kappa shape index (κ3) is 3.55. The summed E-state index contributed by atoms with van der Waals surface area (Å²) in [4.78, 5) is 4.54. The first kappa shape index (κ1) is 12.1. The lowest BCUT2D eigenvalue weighted by molar-refractivity contribution is 0.623. The van der Waals surface area contributed by atoms with Gasteiger partial charge in [0.15, 0.2) is 0 Å². The van der Waals surface area contributed by atoms with E-state index in [1.165, 1.54) is 31.4 Å². The first-order chi connectivity index (χ1) is 8.25. The van der Waals surface area contributed by atoms with Crippen molar-refractivity contribution in [1.82, 2.24) is 5.32 Å². The molecule has 1 N–H and O–H groups in total. The van der Waals surface area contributed by atoms with Crippen LogP contribution < -0.4 is 5.32 Å². The van der Waals surface area contributed by atoms with Crippen molar-refractivity contribution in [2.45, 2.75) is 38.6 Å². The maximum atomic E-state index is 12.8. The Hall–Kier alpha value is -1.38. The first-order valence-electron chi connectivity index (χ1n) is 6.31. The Morgan fingerprint density at radius 3 is 2.71 bits per heavy atom. The molecule has 0 aromatic heterocycles. The highest BCUT2D eigenvalue weighted by molar-refractivity contribution is 5.82. The molecule has 0 amide bonds. The van der Waals surface area contributed by atoms with Crippen LogP contribution in [0.4, 0.5) is 4.39 Å². The van der Waals surface area contributed by atoms with Gasteiger partial charge in [0.1, 0.15) is 5.82 Å². The maximum absolute atomic E-state index is 12.8. The molecule has 2 nitrogen and oxygen atoms in total. The molecule has 1 atom stereocenters. The average molecular weight is 234 g/mol. The van der Waals surface area contributed by atoms with Gasteiger partial charge in [-0.15, -0.1) is 0 Å². The molecule has 1 aromatic rings. The van der Waals surface area contributed by atoms with Crippen LogP contribution in [0.2, 0.25) is 0 Å². The summed E-state index contributed by atoms with van der Waals surface area (Å²) in [7, 11) is 0. The Morgan fingerprint density at radius 2 is 1.94 bits per heavy atom. The van der Waals surface area contributed by atoms with Gasteiger partial charge in [-0.05, 0) is 37.5 Å². The second-order valence-electron chi connectivity index (χ2n) is 4.56. The Labute approximate surface area is 102 Å². The molecule has 0 bridgehead atoms. The fourth-order valence-electron chi connectivity index (χ4n) is 2.08. The second kappa shape index (κ2) is 5.80. The van der Waals surface area contributed by atoms with Gasteiger partial charge in [0.2, 0.25) is 0 Å². The first-order valence-corrected chi connectivity index (χ1v) is 6.31. The van der Waals surface area contributed by atoms with Crippen LogP contribution in [0, 0.1) is 5.82 Å². The molecule has 17 heavy (non-hydrogen) atoms. The van der Waals surface area contributed by atoms with E-state index in [1.54, 1.807) is 0 Å². The van der Waals surface area contributed by atoms with E-state index in [0.29, 0.717) is 0 Å². The van der Waals surface area contributed by atoms with Crippen LogP contribution in [0.5, 0.6) is 0 Å². The zero-order valence-electron chi connectivity index (χ0n) is 10.2. The second-order valence-corrected chi connectivity index (χ2v) is 4.56. The molecular formula is C14H19FN2. The van der Waals surface area contributed by atoms with E-state index in [2.05, 4.69) is 17.2 Å². The van der Waals surface area contributed by atoms with Gasteiger partial charge in [0.05, 0.1) is 5.84 Å². The monoisotopic (exact) mass is 234 g/mol. The maximum Gasteiger partial charge on any atom is 0.123 e. The van der Waals surface area contributed by atoms with E-state index in [1.807, 2.05) is 12.1 Å². The number of rotatable bonds is 2. The predicted molar refractivity (Wildman–Crippen MR) is 68.7 cm³/mol. The van der Waals surface area contributed by atoms with Gasteiger partial charge in [-0.2, -0.15) is 0 Å². The molecule has 0 aliphatic carbocycles. The lowest BCUT2D eigenvalue weighted by Gasteiger charge is -2.16. The van der Waals surface area contributed by atoms with Crippen molar-refractivity contribution < 1.29 is 4.39 Å². The number of aliphatic imine (C=N–C) groups is 1. The van der Waals surface area contributed by atoms with Gasteiger partial charge in [0.25, 0.3) is 0 Å². The van der Waals surface area contributed by atoms with E-state index < -0.39 is 0 Å². The summed E-state index contributed by atoms with van der Waals surface area (Å²) in [6, 6.07) is 6.84. The summed E-state index contributed by atoms with van der Waals surface area (Å²) < 4.78 is 12.8. The van der Waals surface area contributed by atoms with Crippen molar-refractivity contribution in [2.24, 2.45) is 4.99 Å². The minimum absolute atomic E-state index is 0.187. The molecule has 3 heteroatoms. The van der Waals surface area contributed by atoms with Crippen LogP contribution in [-0.4, -0.2) is 12.4 Å². The van der Waals surface area contributed by atoms with Crippen LogP contribution in [0.3, 0.4) is 0 Å². The number of nitrogens with zero attached hydrogens (tertiary/aromatic N) is 1. The van der Waals surface area contributed by atoms with Gasteiger partial charge < -0.3 is 5.32 Å². The molecule has 0 fully saturated rings. The van der Waals surface area contributed by atoms with Crippen LogP contribution in [0.15, 0.2) is 29.3 Å². The van der Waals surface area contributed by atoms with E-state index in [9.17, 15) is 4.39 Å². The SMILES string of the molecule is C[C@H](NC1=NCCCCC1)c1ccc(F)cc1. The van der Waals surface area contributed by atoms with Crippen LogP contribution >= 0.6 is 0 Å². The minimum Gasteiger partial charge on any atom is -0.367 e. The standard InChI is InChI=1S/C14H19FN2/c1-11(12-6-8-13(15)9-7-12)17-14-5-3-2-4-10-16-14/h6-9,11H,2-5,10H2,1H3,(H,16,17)/t11-/m0/s1. The highest BCUT2D eigenvalue weighted by atomic mass is 19.1. The summed E-state index contributed by atoms with van der Waals surface area (Å²) in [6.07, 6.45) is 4.70. The highest BCUT2D eigenvalue weighted by Crippen LogP contribution is 2.14. The van der Waals surface area contributed by atoms with E-state index in [-0.39, 0.29) is 11.9 Å². The van der Waals surface area contributed by atoms with Crippen molar-refractivity contribution in [1.29, 1.82) is 0 Å². The zero-order valence-corrected chi connectivity index (χ0v) is 10.2. The Bertz CT molecular complexity index is 384. The minimum atomic E-state index is -0.187. The molecule has 2 rings (SSSR count). The molecule has 1 aliphatic heterocycles. The van der Waals surface area contributed by atoms with Crippen LogP contribution in [-0.2, 0) is 0 Å². The van der Waals surface area contributed by atoms with Crippen molar-refractivity contribution in [3.05, 3.63) is 35.6 Å². The number of benzene rings is 1. The van der Waals surface area contributed by atoms with Gasteiger partial charge >= 0.3 is 0 Å². The van der Waals surface area contributed by atoms with Gasteiger partial charge in [-0.3, -0.25) is 4.99 Å². The normalized spacial score (nSPS) is 18.1. The largest absolute Gasteiger partial charge is 0.367 e. The van der Waals surface area contributed by atoms with Gasteiger partial charge in [-0.25, -0.2) is 4.39 Å². The van der Waals surface area contributed by atoms with E-state index in [4.69, 9.17) is 0 Å². The molecular weight excluding hydrogens is 215 g/mol. The lowest BCUT2D eigenvalue weighted by atomic mass is 10.1. The zero-order chi connectivity index (χ0) is 12.1. The summed E-state index contributed by atoms with van der Waals surface area (Å²) in [5.74, 6) is 0.909. The Balaban J connectivity index is 1.98. The van der Waals surface area contributed by atoms with Crippen molar-refractivity contribution in [2.75, 3.05) is 6.54 Å². The molecule has 1 heterocycles. The predicted octanol–water partition coefficient (Wildman–Crippen LogP) is 3.45. The van der Waals surface area contributed by atoms with E-state index in [0.717, 1.165) is 24.4 Å². The number of amidine groups is 1. The smallest absolute Gasteiger partial charge is 0.123 e. The summed E-state index contributed by atoms with van der Waals surface area (Å²) in [5, 5.41) is 3.42. The number of nitrogens with one attached hydrogen (secondary N) is 1. The van der Waals surface area contributed by atoms with Gasteiger partial charge in [-0.1, -0.05) is 18.6 Å². The topological polar surface area (TPSA) is 24.4 Å². The summed E-state index contributed by atoms with van der Waals surface area (Å²) in [5.41, 5.74) is 1.10. The molecule has 0 saturated heterocycles. The molecule has 0 saturated carbocycles. The fraction of sp³-hybridized carbons (Fsp3) is 0.500. The van der Waals surface area contributed by atoms with Crippen molar-refractivity contribution >= 4 is 5.84 Å². The molecule has 1 aliphatic rings. The number of hydrogen-bond donors (Lipinski definition) is 1. The number of halogens is 1. The molecule has 0 spiro atoms. The molecule has 0 radical (unpaired) electrons. The van der Waals surface area contributed by atoms with Gasteiger partial charge in [0, 0.05) is 19.0 Å². The lowest BCUT2D eigenvalue weighted by Crippen LogP contribution is -2.26. The third-order valence-electron chi connectivity index (χ3n) is 3.13.